The van der Waals surface area contributed by atoms with Crippen molar-refractivity contribution in [3.63, 3.8) is 0 Å². The molecule has 0 saturated carbocycles. The zero-order valence-corrected chi connectivity index (χ0v) is 10.4. The van der Waals surface area contributed by atoms with E-state index in [1.165, 1.54) is 6.07 Å². The van der Waals surface area contributed by atoms with Crippen molar-refractivity contribution in [2.75, 3.05) is 19.6 Å². The third kappa shape index (κ3) is 5.24. The Morgan fingerprint density at radius 2 is 1.82 bits per heavy atom. The smallest absolute Gasteiger partial charge is 0.163 e. The van der Waals surface area contributed by atoms with Crippen LogP contribution in [0.15, 0.2) is 18.2 Å². The number of nitrogens with one attached hydrogen (secondary N) is 2. The van der Waals surface area contributed by atoms with Gasteiger partial charge in [0.25, 0.3) is 0 Å². The first-order valence-corrected chi connectivity index (χ1v) is 5.95. The van der Waals surface area contributed by atoms with Gasteiger partial charge in [-0.3, -0.25) is 0 Å². The van der Waals surface area contributed by atoms with Gasteiger partial charge in [-0.1, -0.05) is 26.0 Å². The summed E-state index contributed by atoms with van der Waals surface area (Å²) in [6, 6.07) is 4.24. The van der Waals surface area contributed by atoms with E-state index < -0.39 is 11.6 Å². The highest BCUT2D eigenvalue weighted by atomic mass is 19.2. The van der Waals surface area contributed by atoms with Crippen LogP contribution < -0.4 is 10.6 Å². The van der Waals surface area contributed by atoms with E-state index in [1.54, 1.807) is 6.07 Å². The molecule has 0 heterocycles. The number of hydrogen-bond donors (Lipinski definition) is 2. The third-order valence-electron chi connectivity index (χ3n) is 2.38. The van der Waals surface area contributed by atoms with Crippen molar-refractivity contribution in [3.8, 4) is 0 Å². The van der Waals surface area contributed by atoms with Crippen LogP contribution in [0.4, 0.5) is 8.78 Å². The SMILES string of the molecule is CC(C)CNCCNCc1cccc(F)c1F. The Kier molecular flexibility index (Phi) is 6.08. The molecule has 96 valence electrons. The molecule has 4 heteroatoms. The van der Waals surface area contributed by atoms with Gasteiger partial charge in [0.2, 0.25) is 0 Å². The summed E-state index contributed by atoms with van der Waals surface area (Å²) in [6.45, 7) is 7.17. The molecule has 0 atom stereocenters. The highest BCUT2D eigenvalue weighted by Gasteiger charge is 2.06. The molecule has 0 unspecified atom stereocenters. The van der Waals surface area contributed by atoms with Gasteiger partial charge >= 0.3 is 0 Å². The Morgan fingerprint density at radius 1 is 1.12 bits per heavy atom. The molecule has 0 aromatic heterocycles. The summed E-state index contributed by atoms with van der Waals surface area (Å²) in [5.74, 6) is -0.923. The van der Waals surface area contributed by atoms with Crippen molar-refractivity contribution < 1.29 is 8.78 Å². The van der Waals surface area contributed by atoms with Crippen LogP contribution in [-0.2, 0) is 6.54 Å². The van der Waals surface area contributed by atoms with E-state index >= 15 is 0 Å². The highest BCUT2D eigenvalue weighted by Crippen LogP contribution is 2.10. The maximum absolute atomic E-state index is 13.3. The molecule has 1 aromatic carbocycles. The standard InChI is InChI=1S/C13H20F2N2/c1-10(2)8-16-6-7-17-9-11-4-3-5-12(14)13(11)15/h3-5,10,16-17H,6-9H2,1-2H3. The fraction of sp³-hybridized carbons (Fsp3) is 0.538. The summed E-state index contributed by atoms with van der Waals surface area (Å²) in [5.41, 5.74) is 0.369. The second-order valence-corrected chi connectivity index (χ2v) is 4.49. The van der Waals surface area contributed by atoms with Crippen molar-refractivity contribution in [1.82, 2.24) is 10.6 Å². The summed E-state index contributed by atoms with van der Waals surface area (Å²) in [5, 5.41) is 6.34. The molecule has 0 amide bonds. The summed E-state index contributed by atoms with van der Waals surface area (Å²) < 4.78 is 26.1. The molecule has 2 nitrogen and oxygen atoms in total. The molecular weight excluding hydrogens is 222 g/mol. The van der Waals surface area contributed by atoms with Gasteiger partial charge in [-0.05, 0) is 18.5 Å². The predicted molar refractivity (Wildman–Crippen MR) is 65.8 cm³/mol. The largest absolute Gasteiger partial charge is 0.315 e. The van der Waals surface area contributed by atoms with E-state index in [1.807, 2.05) is 0 Å². The molecule has 0 bridgehead atoms. The van der Waals surface area contributed by atoms with E-state index in [9.17, 15) is 8.78 Å². The van der Waals surface area contributed by atoms with Crippen LogP contribution in [0, 0.1) is 17.6 Å². The van der Waals surface area contributed by atoms with Crippen molar-refractivity contribution in [2.24, 2.45) is 5.92 Å². The summed E-state index contributed by atoms with van der Waals surface area (Å²) in [4.78, 5) is 0. The Balaban J connectivity index is 2.20. The average molecular weight is 242 g/mol. The van der Waals surface area contributed by atoms with Crippen molar-refractivity contribution in [1.29, 1.82) is 0 Å². The van der Waals surface area contributed by atoms with E-state index in [0.717, 1.165) is 25.7 Å². The lowest BCUT2D eigenvalue weighted by Gasteiger charge is -2.09. The molecular formula is C13H20F2N2. The lowest BCUT2D eigenvalue weighted by molar-refractivity contribution is 0.489. The Labute approximate surface area is 101 Å². The van der Waals surface area contributed by atoms with Gasteiger partial charge < -0.3 is 10.6 Å². The van der Waals surface area contributed by atoms with Crippen LogP contribution >= 0.6 is 0 Å². The molecule has 1 rings (SSSR count). The Morgan fingerprint density at radius 3 is 2.53 bits per heavy atom. The van der Waals surface area contributed by atoms with Gasteiger partial charge in [0.05, 0.1) is 0 Å². The molecule has 1 aromatic rings. The highest BCUT2D eigenvalue weighted by molar-refractivity contribution is 5.18. The fourth-order valence-electron chi connectivity index (χ4n) is 1.48. The Bertz CT molecular complexity index is 340. The minimum absolute atomic E-state index is 0.354. The molecule has 0 fully saturated rings. The number of benzene rings is 1. The van der Waals surface area contributed by atoms with Crippen LogP contribution in [0.25, 0.3) is 0 Å². The second kappa shape index (κ2) is 7.35. The van der Waals surface area contributed by atoms with Crippen molar-refractivity contribution in [2.45, 2.75) is 20.4 Å². The lowest BCUT2D eigenvalue weighted by Crippen LogP contribution is -2.29. The zero-order valence-electron chi connectivity index (χ0n) is 10.4. The minimum Gasteiger partial charge on any atom is -0.315 e. The molecule has 0 spiro atoms. The van der Waals surface area contributed by atoms with E-state index in [0.29, 0.717) is 18.0 Å². The van der Waals surface area contributed by atoms with E-state index in [4.69, 9.17) is 0 Å². The summed E-state index contributed by atoms with van der Waals surface area (Å²) in [7, 11) is 0. The van der Waals surface area contributed by atoms with Gasteiger partial charge in [0.15, 0.2) is 11.6 Å². The van der Waals surface area contributed by atoms with Gasteiger partial charge in [-0.15, -0.1) is 0 Å². The predicted octanol–water partition coefficient (Wildman–Crippen LogP) is 2.30. The van der Waals surface area contributed by atoms with Crippen LogP contribution in [0.5, 0.6) is 0 Å². The summed E-state index contributed by atoms with van der Waals surface area (Å²) in [6.07, 6.45) is 0. The van der Waals surface area contributed by atoms with E-state index in [2.05, 4.69) is 24.5 Å². The van der Waals surface area contributed by atoms with Crippen molar-refractivity contribution in [3.05, 3.63) is 35.4 Å². The van der Waals surface area contributed by atoms with Gasteiger partial charge in [-0.25, -0.2) is 8.78 Å². The zero-order chi connectivity index (χ0) is 12.7. The van der Waals surface area contributed by atoms with Crippen LogP contribution in [0.1, 0.15) is 19.4 Å². The van der Waals surface area contributed by atoms with Gasteiger partial charge in [-0.2, -0.15) is 0 Å². The van der Waals surface area contributed by atoms with Crippen LogP contribution in [-0.4, -0.2) is 19.6 Å². The average Bonchev–Trinajstić information content (AvgIpc) is 2.28. The van der Waals surface area contributed by atoms with E-state index in [-0.39, 0.29) is 0 Å². The third-order valence-corrected chi connectivity index (χ3v) is 2.38. The molecule has 17 heavy (non-hydrogen) atoms. The second-order valence-electron chi connectivity index (χ2n) is 4.49. The number of rotatable bonds is 7. The topological polar surface area (TPSA) is 24.1 Å². The van der Waals surface area contributed by atoms with Crippen LogP contribution in [0.3, 0.4) is 0 Å². The number of hydrogen-bond acceptors (Lipinski definition) is 2. The van der Waals surface area contributed by atoms with Gasteiger partial charge in [0, 0.05) is 25.2 Å². The molecule has 0 saturated heterocycles. The minimum atomic E-state index is -0.790. The number of halogens is 2. The first-order valence-electron chi connectivity index (χ1n) is 5.95. The molecule has 0 aliphatic heterocycles. The lowest BCUT2D eigenvalue weighted by atomic mass is 10.2. The quantitative estimate of drug-likeness (QED) is 0.717. The fourth-order valence-corrected chi connectivity index (χ4v) is 1.48. The molecule has 0 aliphatic carbocycles. The maximum Gasteiger partial charge on any atom is 0.163 e. The maximum atomic E-state index is 13.3. The molecule has 2 N–H and O–H groups in total. The monoisotopic (exact) mass is 242 g/mol. The molecule has 0 radical (unpaired) electrons. The summed E-state index contributed by atoms with van der Waals surface area (Å²) >= 11 is 0. The van der Waals surface area contributed by atoms with Gasteiger partial charge in [0.1, 0.15) is 0 Å². The molecule has 0 aliphatic rings. The van der Waals surface area contributed by atoms with Crippen LogP contribution in [0.2, 0.25) is 0 Å². The first kappa shape index (κ1) is 14.1. The Hall–Kier alpha value is -1.00. The first-order chi connectivity index (χ1) is 8.11. The van der Waals surface area contributed by atoms with Crippen molar-refractivity contribution >= 4 is 0 Å². The normalized spacial score (nSPS) is 11.1.